The number of nitrogens with zero attached hydrogens (tertiary/aromatic N) is 9. The molecule has 2 aromatic heterocycles. The first-order valence-electron chi connectivity index (χ1n) is 20.5. The Hall–Kier alpha value is -4.68. The lowest BCUT2D eigenvalue weighted by Crippen LogP contribution is -2.47. The van der Waals surface area contributed by atoms with Crippen LogP contribution in [0.4, 0.5) is 50.4 Å². The van der Waals surface area contributed by atoms with Gasteiger partial charge in [-0.2, -0.15) is 5.26 Å². The molecule has 336 valence electrons. The molecular formula is C40H56F4N10O6S. The zero-order chi connectivity index (χ0) is 44.8. The summed E-state index contributed by atoms with van der Waals surface area (Å²) in [4.78, 5) is 50.1. The lowest BCUT2D eigenvalue weighted by molar-refractivity contribution is -0.0392. The molecule has 4 fully saturated rings. The number of hydrogen-bond acceptors (Lipinski definition) is 14. The van der Waals surface area contributed by atoms with Gasteiger partial charge in [-0.15, -0.1) is 0 Å². The van der Waals surface area contributed by atoms with Gasteiger partial charge in [0, 0.05) is 76.1 Å². The molecule has 61 heavy (non-hydrogen) atoms. The average Bonchev–Trinajstić information content (AvgIpc) is 3.18. The van der Waals surface area contributed by atoms with Gasteiger partial charge in [0.15, 0.2) is 5.82 Å². The Morgan fingerprint density at radius 3 is 1.48 bits per heavy atom. The number of morpholine rings is 2. The van der Waals surface area contributed by atoms with Crippen LogP contribution in [0.3, 0.4) is 0 Å². The predicted octanol–water partition coefficient (Wildman–Crippen LogP) is 6.77. The third kappa shape index (κ3) is 13.7. The quantitative estimate of drug-likeness (QED) is 0.227. The molecule has 4 aliphatic rings. The molecule has 0 unspecified atom stereocenters. The second kappa shape index (κ2) is 19.6. The summed E-state index contributed by atoms with van der Waals surface area (Å²) in [6, 6.07) is 4.21. The minimum atomic E-state index is -2.74. The zero-order valence-corrected chi connectivity index (χ0v) is 36.4. The van der Waals surface area contributed by atoms with Gasteiger partial charge < -0.3 is 34.5 Å². The van der Waals surface area contributed by atoms with Crippen LogP contribution < -0.4 is 25.3 Å². The van der Waals surface area contributed by atoms with E-state index in [2.05, 4.69) is 19.9 Å². The van der Waals surface area contributed by atoms with Crippen molar-refractivity contribution >= 4 is 52.7 Å². The Kier molecular flexibility index (Phi) is 15.2. The van der Waals surface area contributed by atoms with Crippen LogP contribution in [-0.2, 0) is 18.9 Å². The average molecular weight is 881 g/mol. The van der Waals surface area contributed by atoms with Crippen LogP contribution >= 0.6 is 12.2 Å². The van der Waals surface area contributed by atoms with Crippen LogP contribution in [0.1, 0.15) is 105 Å². The van der Waals surface area contributed by atoms with E-state index in [1.54, 1.807) is 53.7 Å². The van der Waals surface area contributed by atoms with Crippen molar-refractivity contribution in [3.05, 3.63) is 23.8 Å². The van der Waals surface area contributed by atoms with Crippen molar-refractivity contribution in [2.75, 3.05) is 72.2 Å². The van der Waals surface area contributed by atoms with Crippen LogP contribution in [0.5, 0.6) is 0 Å². The molecule has 0 aromatic carbocycles. The number of ether oxygens (including phenoxy) is 4. The molecule has 21 heteroatoms. The van der Waals surface area contributed by atoms with Crippen molar-refractivity contribution in [2.45, 2.75) is 128 Å². The van der Waals surface area contributed by atoms with Crippen LogP contribution in [0, 0.1) is 11.3 Å². The first-order chi connectivity index (χ1) is 28.5. The Bertz CT molecular complexity index is 1900. The fourth-order valence-corrected chi connectivity index (χ4v) is 7.30. The Labute approximate surface area is 359 Å². The molecule has 2 aromatic rings. The molecule has 0 atom stereocenters. The van der Waals surface area contributed by atoms with Gasteiger partial charge >= 0.3 is 12.2 Å². The third-order valence-electron chi connectivity index (χ3n) is 10.2. The Balaban J connectivity index is 0.000000231. The van der Waals surface area contributed by atoms with Crippen LogP contribution in [0.15, 0.2) is 12.1 Å². The van der Waals surface area contributed by atoms with Gasteiger partial charge in [0.25, 0.3) is 0 Å². The third-order valence-corrected chi connectivity index (χ3v) is 10.3. The standard InChI is InChI=1S/C20H29F2N5O3S.C20H27F2N5O3/c1-19(2,3)30-18(28)27(13-4-6-20(21,22)7-5-13)15-12-14(24-17(25-15)16(23)31)26-8-10-29-11-9-26;1-19(2,3)30-18(28)27(14-4-6-20(21,22)7-5-14)17-12-16(24-15(13-23)25-17)26-8-10-29-11-9-26/h12-13H,4-11H2,1-3H3,(H2,23,31);12,14H,4-11H2,1-3H3. The summed E-state index contributed by atoms with van der Waals surface area (Å²) in [7, 11) is 0. The van der Waals surface area contributed by atoms with E-state index in [1.165, 1.54) is 9.80 Å². The lowest BCUT2D eigenvalue weighted by atomic mass is 9.91. The van der Waals surface area contributed by atoms with Gasteiger partial charge in [0.05, 0.1) is 26.4 Å². The highest BCUT2D eigenvalue weighted by Gasteiger charge is 2.42. The van der Waals surface area contributed by atoms with Crippen LogP contribution in [-0.4, -0.2) is 125 Å². The molecular weight excluding hydrogens is 825 g/mol. The molecule has 16 nitrogen and oxygen atoms in total. The largest absolute Gasteiger partial charge is 0.443 e. The highest BCUT2D eigenvalue weighted by atomic mass is 32.1. The van der Waals surface area contributed by atoms with Crippen molar-refractivity contribution in [1.82, 2.24) is 19.9 Å². The number of nitriles is 1. The van der Waals surface area contributed by atoms with E-state index in [1.807, 2.05) is 15.9 Å². The first-order valence-corrected chi connectivity index (χ1v) is 20.9. The maximum Gasteiger partial charge on any atom is 0.416 e. The van der Waals surface area contributed by atoms with E-state index in [4.69, 9.17) is 36.9 Å². The summed E-state index contributed by atoms with van der Waals surface area (Å²) in [6.07, 6.45) is -2.07. The van der Waals surface area contributed by atoms with Gasteiger partial charge in [-0.05, 0) is 67.2 Å². The van der Waals surface area contributed by atoms with Gasteiger partial charge in [-0.3, -0.25) is 9.80 Å². The monoisotopic (exact) mass is 880 g/mol. The molecule has 4 heterocycles. The SMILES string of the molecule is CC(C)(C)OC(=O)N(c1cc(N2CCOCC2)nc(C#N)n1)C1CCC(F)(F)CC1.CC(C)(C)OC(=O)N(c1cc(N2CCOCC2)nc(C(N)=S)n1)C1CCC(F)(F)CC1. The number of carbonyl (C=O) groups is 2. The van der Waals surface area contributed by atoms with E-state index in [-0.39, 0.29) is 79.6 Å². The fraction of sp³-hybridized carbons (Fsp3) is 0.700. The molecule has 6 rings (SSSR count). The van der Waals surface area contributed by atoms with Gasteiger partial charge in [-0.25, -0.2) is 47.1 Å². The second-order valence-corrected chi connectivity index (χ2v) is 17.8. The number of anilines is 4. The minimum absolute atomic E-state index is 0.0179. The van der Waals surface area contributed by atoms with Crippen LogP contribution in [0.25, 0.3) is 0 Å². The van der Waals surface area contributed by atoms with Crippen molar-refractivity contribution in [1.29, 1.82) is 5.26 Å². The number of halogens is 4. The fourth-order valence-electron chi connectivity index (χ4n) is 7.21. The molecule has 2 saturated heterocycles. The number of hydrogen-bond donors (Lipinski definition) is 1. The Morgan fingerprint density at radius 1 is 0.738 bits per heavy atom. The number of carbonyl (C=O) groups excluding carboxylic acids is 2. The van der Waals surface area contributed by atoms with Gasteiger partial charge in [0.2, 0.25) is 17.7 Å². The normalized spacial score (nSPS) is 19.8. The molecule has 0 spiro atoms. The molecule has 2 saturated carbocycles. The molecule has 2 aliphatic heterocycles. The number of thiocarbonyl (C=S) groups is 1. The number of nitrogens with two attached hydrogens (primary N) is 1. The van der Waals surface area contributed by atoms with Gasteiger partial charge in [-0.1, -0.05) is 12.2 Å². The Morgan fingerprint density at radius 2 is 1.11 bits per heavy atom. The number of amides is 2. The first kappa shape index (κ1) is 47.4. The van der Waals surface area contributed by atoms with Gasteiger partial charge in [0.1, 0.15) is 45.5 Å². The van der Waals surface area contributed by atoms with Crippen molar-refractivity contribution < 1.29 is 46.1 Å². The summed E-state index contributed by atoms with van der Waals surface area (Å²) in [5, 5.41) is 9.42. The van der Waals surface area contributed by atoms with Crippen molar-refractivity contribution in [2.24, 2.45) is 5.73 Å². The van der Waals surface area contributed by atoms with E-state index < -0.39 is 47.3 Å². The summed E-state index contributed by atoms with van der Waals surface area (Å²) >= 11 is 5.08. The number of aromatic nitrogens is 4. The predicted molar refractivity (Wildman–Crippen MR) is 223 cm³/mol. The second-order valence-electron chi connectivity index (χ2n) is 17.4. The highest BCUT2D eigenvalue weighted by Crippen LogP contribution is 2.39. The van der Waals surface area contributed by atoms with E-state index >= 15 is 0 Å². The topological polar surface area (TPSA) is 185 Å². The molecule has 0 bridgehead atoms. The van der Waals surface area contributed by atoms with Crippen molar-refractivity contribution in [3.8, 4) is 6.07 Å². The van der Waals surface area contributed by atoms with E-state index in [9.17, 15) is 32.4 Å². The summed E-state index contributed by atoms with van der Waals surface area (Å²) in [5.74, 6) is -3.98. The highest BCUT2D eigenvalue weighted by molar-refractivity contribution is 7.80. The molecule has 2 amide bonds. The van der Waals surface area contributed by atoms with E-state index in [0.717, 1.165) is 0 Å². The summed E-state index contributed by atoms with van der Waals surface area (Å²) in [6.45, 7) is 15.0. The maximum absolute atomic E-state index is 13.8. The maximum atomic E-state index is 13.8. The smallest absolute Gasteiger partial charge is 0.416 e. The van der Waals surface area contributed by atoms with E-state index in [0.29, 0.717) is 64.2 Å². The number of alkyl halides is 4. The molecule has 0 radical (unpaired) electrons. The molecule has 2 N–H and O–H groups in total. The van der Waals surface area contributed by atoms with Crippen LogP contribution in [0.2, 0.25) is 0 Å². The summed E-state index contributed by atoms with van der Waals surface area (Å²) in [5.41, 5.74) is 4.27. The number of rotatable bonds is 7. The minimum Gasteiger partial charge on any atom is -0.443 e. The lowest BCUT2D eigenvalue weighted by Gasteiger charge is -2.37. The molecule has 2 aliphatic carbocycles. The van der Waals surface area contributed by atoms with Crippen molar-refractivity contribution in [3.63, 3.8) is 0 Å². The zero-order valence-electron chi connectivity index (χ0n) is 35.6. The summed E-state index contributed by atoms with van der Waals surface area (Å²) < 4.78 is 76.9.